The number of aliphatic carboxylic acids is 1. The van der Waals surface area contributed by atoms with Crippen LogP contribution in [0.3, 0.4) is 0 Å². The molecule has 1 fully saturated rings. The number of benzene rings is 1. The Kier molecular flexibility index (Phi) is 4.18. The number of piperidine rings is 1. The van der Waals surface area contributed by atoms with Crippen molar-refractivity contribution in [3.8, 4) is 11.5 Å². The van der Waals surface area contributed by atoms with Crippen LogP contribution in [-0.4, -0.2) is 48.4 Å². The third-order valence-corrected chi connectivity index (χ3v) is 4.19. The van der Waals surface area contributed by atoms with E-state index in [1.165, 1.54) is 6.33 Å². The Morgan fingerprint density at radius 2 is 2.00 bits per heavy atom. The third-order valence-electron chi connectivity index (χ3n) is 4.19. The van der Waals surface area contributed by atoms with Crippen molar-refractivity contribution in [1.82, 2.24) is 9.97 Å². The summed E-state index contributed by atoms with van der Waals surface area (Å²) in [5.74, 6) is 0.817. The number of fused-ring (bicyclic) bond motifs is 1. The zero-order valence-electron chi connectivity index (χ0n) is 13.2. The van der Waals surface area contributed by atoms with Crippen molar-refractivity contribution in [2.24, 2.45) is 5.92 Å². The highest BCUT2D eigenvalue weighted by atomic mass is 16.5. The van der Waals surface area contributed by atoms with E-state index in [4.69, 9.17) is 9.47 Å². The first-order valence-corrected chi connectivity index (χ1v) is 7.48. The molecule has 3 rings (SSSR count). The maximum atomic E-state index is 11.3. The molecular weight excluding hydrogens is 298 g/mol. The minimum absolute atomic E-state index is 0.367. The number of rotatable bonds is 4. The van der Waals surface area contributed by atoms with Crippen LogP contribution in [-0.2, 0) is 4.79 Å². The standard InChI is InChI=1S/C16H19N3O4/c1-22-13-6-11-12(7-14(13)23-2)17-9-18-15(11)19-5-3-4-10(8-19)16(20)21/h6-7,9-10H,3-5,8H2,1-2H3,(H,20,21)/t10-/m1/s1. The van der Waals surface area contributed by atoms with E-state index in [-0.39, 0.29) is 5.92 Å². The summed E-state index contributed by atoms with van der Waals surface area (Å²) in [6, 6.07) is 3.64. The Hall–Kier alpha value is -2.57. The van der Waals surface area contributed by atoms with E-state index < -0.39 is 5.97 Å². The molecule has 0 spiro atoms. The molecule has 1 aliphatic heterocycles. The maximum absolute atomic E-state index is 11.3. The molecule has 0 radical (unpaired) electrons. The van der Waals surface area contributed by atoms with Crippen molar-refractivity contribution < 1.29 is 19.4 Å². The van der Waals surface area contributed by atoms with Crippen LogP contribution in [0.4, 0.5) is 5.82 Å². The molecule has 0 bridgehead atoms. The smallest absolute Gasteiger partial charge is 0.308 e. The van der Waals surface area contributed by atoms with Crippen LogP contribution in [0.2, 0.25) is 0 Å². The first-order chi connectivity index (χ1) is 11.1. The van der Waals surface area contributed by atoms with Gasteiger partial charge in [-0.25, -0.2) is 9.97 Å². The topological polar surface area (TPSA) is 84.8 Å². The predicted octanol–water partition coefficient (Wildman–Crippen LogP) is 1.95. The Labute approximate surface area is 133 Å². The van der Waals surface area contributed by atoms with Crippen molar-refractivity contribution in [3.63, 3.8) is 0 Å². The summed E-state index contributed by atoms with van der Waals surface area (Å²) in [5.41, 5.74) is 0.741. The van der Waals surface area contributed by atoms with Crippen LogP contribution < -0.4 is 14.4 Å². The van der Waals surface area contributed by atoms with Gasteiger partial charge in [-0.1, -0.05) is 0 Å². The van der Waals surface area contributed by atoms with Crippen molar-refractivity contribution in [2.45, 2.75) is 12.8 Å². The molecule has 1 aromatic heterocycles. The number of carboxylic acids is 1. The third kappa shape index (κ3) is 2.86. The molecule has 7 nitrogen and oxygen atoms in total. The van der Waals surface area contributed by atoms with E-state index in [0.717, 1.165) is 29.7 Å². The first kappa shape index (κ1) is 15.3. The predicted molar refractivity (Wildman–Crippen MR) is 85.2 cm³/mol. The van der Waals surface area contributed by atoms with Crippen LogP contribution >= 0.6 is 0 Å². The average Bonchev–Trinajstić information content (AvgIpc) is 2.59. The van der Waals surface area contributed by atoms with Crippen molar-refractivity contribution in [2.75, 3.05) is 32.2 Å². The van der Waals surface area contributed by atoms with E-state index in [1.807, 2.05) is 11.0 Å². The maximum Gasteiger partial charge on any atom is 0.308 e. The molecule has 0 unspecified atom stereocenters. The molecule has 2 aromatic rings. The van der Waals surface area contributed by atoms with E-state index in [0.29, 0.717) is 24.5 Å². The van der Waals surface area contributed by atoms with Gasteiger partial charge in [0.1, 0.15) is 12.1 Å². The van der Waals surface area contributed by atoms with Gasteiger partial charge in [0, 0.05) is 24.5 Å². The van der Waals surface area contributed by atoms with Gasteiger partial charge < -0.3 is 19.5 Å². The van der Waals surface area contributed by atoms with Gasteiger partial charge in [-0.3, -0.25) is 4.79 Å². The minimum Gasteiger partial charge on any atom is -0.493 e. The first-order valence-electron chi connectivity index (χ1n) is 7.48. The monoisotopic (exact) mass is 317 g/mol. The lowest BCUT2D eigenvalue weighted by atomic mass is 9.98. The summed E-state index contributed by atoms with van der Waals surface area (Å²) < 4.78 is 10.7. The van der Waals surface area contributed by atoms with Gasteiger partial charge in [0.2, 0.25) is 0 Å². The Morgan fingerprint density at radius 3 is 2.70 bits per heavy atom. The van der Waals surface area contributed by atoms with Crippen LogP contribution in [0.5, 0.6) is 11.5 Å². The molecule has 1 saturated heterocycles. The number of hydrogen-bond acceptors (Lipinski definition) is 6. The van der Waals surface area contributed by atoms with Gasteiger partial charge in [0.25, 0.3) is 0 Å². The molecular formula is C16H19N3O4. The number of carboxylic acid groups (broad SMARTS) is 1. The van der Waals surface area contributed by atoms with Gasteiger partial charge in [-0.15, -0.1) is 0 Å². The zero-order valence-corrected chi connectivity index (χ0v) is 13.2. The van der Waals surface area contributed by atoms with E-state index in [1.54, 1.807) is 20.3 Å². The second-order valence-corrected chi connectivity index (χ2v) is 5.55. The van der Waals surface area contributed by atoms with Crippen molar-refractivity contribution in [3.05, 3.63) is 18.5 Å². The van der Waals surface area contributed by atoms with Gasteiger partial charge in [-0.2, -0.15) is 0 Å². The van der Waals surface area contributed by atoms with Crippen LogP contribution in [0.25, 0.3) is 10.9 Å². The molecule has 2 heterocycles. The van der Waals surface area contributed by atoms with Gasteiger partial charge in [-0.05, 0) is 18.9 Å². The largest absolute Gasteiger partial charge is 0.493 e. The van der Waals surface area contributed by atoms with Crippen molar-refractivity contribution >= 4 is 22.7 Å². The lowest BCUT2D eigenvalue weighted by molar-refractivity contribution is -0.141. The second kappa shape index (κ2) is 6.28. The Bertz CT molecular complexity index is 735. The lowest BCUT2D eigenvalue weighted by Crippen LogP contribution is -2.39. The molecule has 1 atom stereocenters. The molecule has 0 amide bonds. The molecule has 23 heavy (non-hydrogen) atoms. The number of hydrogen-bond donors (Lipinski definition) is 1. The number of methoxy groups -OCH3 is 2. The molecule has 1 N–H and O–H groups in total. The highest BCUT2D eigenvalue weighted by Crippen LogP contribution is 2.35. The summed E-state index contributed by atoms with van der Waals surface area (Å²) in [6.45, 7) is 1.24. The van der Waals surface area contributed by atoms with E-state index in [2.05, 4.69) is 9.97 Å². The molecule has 7 heteroatoms. The number of ether oxygens (including phenoxy) is 2. The summed E-state index contributed by atoms with van der Waals surface area (Å²) >= 11 is 0. The fraction of sp³-hybridized carbons (Fsp3) is 0.438. The van der Waals surface area contributed by atoms with Gasteiger partial charge >= 0.3 is 5.97 Å². The van der Waals surface area contributed by atoms with E-state index in [9.17, 15) is 9.90 Å². The fourth-order valence-electron chi connectivity index (χ4n) is 2.99. The second-order valence-electron chi connectivity index (χ2n) is 5.55. The van der Waals surface area contributed by atoms with Gasteiger partial charge in [0.15, 0.2) is 11.5 Å². The Balaban J connectivity index is 2.05. The van der Waals surface area contributed by atoms with Crippen LogP contribution in [0.1, 0.15) is 12.8 Å². The zero-order chi connectivity index (χ0) is 16.4. The average molecular weight is 317 g/mol. The summed E-state index contributed by atoms with van der Waals surface area (Å²) in [6.07, 6.45) is 3.02. The molecule has 1 aromatic carbocycles. The SMILES string of the molecule is COc1cc2ncnc(N3CCC[C@@H](C(=O)O)C3)c2cc1OC. The minimum atomic E-state index is -0.757. The number of aromatic nitrogens is 2. The highest BCUT2D eigenvalue weighted by Gasteiger charge is 2.27. The summed E-state index contributed by atoms with van der Waals surface area (Å²) in [4.78, 5) is 22.0. The van der Waals surface area contributed by atoms with Gasteiger partial charge in [0.05, 0.1) is 25.7 Å². The van der Waals surface area contributed by atoms with E-state index >= 15 is 0 Å². The number of anilines is 1. The highest BCUT2D eigenvalue weighted by molar-refractivity contribution is 5.92. The van der Waals surface area contributed by atoms with Crippen LogP contribution in [0, 0.1) is 5.92 Å². The quantitative estimate of drug-likeness (QED) is 0.922. The normalized spacial score (nSPS) is 18.0. The Morgan fingerprint density at radius 1 is 1.26 bits per heavy atom. The number of carbonyl (C=O) groups is 1. The van der Waals surface area contributed by atoms with Crippen LogP contribution in [0.15, 0.2) is 18.5 Å². The molecule has 0 saturated carbocycles. The molecule has 0 aliphatic carbocycles. The summed E-state index contributed by atoms with van der Waals surface area (Å²) in [7, 11) is 3.16. The lowest BCUT2D eigenvalue weighted by Gasteiger charge is -2.32. The molecule has 1 aliphatic rings. The fourth-order valence-corrected chi connectivity index (χ4v) is 2.99. The summed E-state index contributed by atoms with van der Waals surface area (Å²) in [5, 5.41) is 10.1. The van der Waals surface area contributed by atoms with Crippen molar-refractivity contribution in [1.29, 1.82) is 0 Å². The number of nitrogens with zero attached hydrogens (tertiary/aromatic N) is 3. The molecule has 122 valence electrons.